The highest BCUT2D eigenvalue weighted by Crippen LogP contribution is 2.42. The standard InChI is InChI=1S/C17H21NO5/c1-22-9-12-4-2-3-5-14(12)15(19)18-8-13-10-23-7-6-17(13,11-18)16(20)21/h2-5,13H,6-11H2,1H3,(H,20,21)/t13-,17+/m0/s1. The van der Waals surface area contributed by atoms with E-state index in [1.54, 1.807) is 18.1 Å². The normalized spacial score (nSPS) is 26.8. The van der Waals surface area contributed by atoms with Crippen molar-refractivity contribution in [3.8, 4) is 0 Å². The van der Waals surface area contributed by atoms with E-state index in [4.69, 9.17) is 9.47 Å². The van der Waals surface area contributed by atoms with E-state index >= 15 is 0 Å². The van der Waals surface area contributed by atoms with Crippen LogP contribution < -0.4 is 0 Å². The highest BCUT2D eigenvalue weighted by atomic mass is 16.5. The summed E-state index contributed by atoms with van der Waals surface area (Å²) in [6.07, 6.45) is 0.455. The van der Waals surface area contributed by atoms with E-state index in [-0.39, 0.29) is 18.4 Å². The quantitative estimate of drug-likeness (QED) is 0.908. The first-order valence-corrected chi connectivity index (χ1v) is 7.76. The van der Waals surface area contributed by atoms with E-state index in [9.17, 15) is 14.7 Å². The van der Waals surface area contributed by atoms with E-state index in [1.165, 1.54) is 0 Å². The van der Waals surface area contributed by atoms with Gasteiger partial charge in [-0.05, 0) is 18.1 Å². The molecule has 1 aromatic rings. The summed E-state index contributed by atoms with van der Waals surface area (Å²) >= 11 is 0. The van der Waals surface area contributed by atoms with Crippen LogP contribution in [0.5, 0.6) is 0 Å². The lowest BCUT2D eigenvalue weighted by Crippen LogP contribution is -2.45. The number of hydrogen-bond acceptors (Lipinski definition) is 4. The van der Waals surface area contributed by atoms with Crippen molar-refractivity contribution in [1.29, 1.82) is 0 Å². The van der Waals surface area contributed by atoms with Crippen molar-refractivity contribution < 1.29 is 24.2 Å². The number of ether oxygens (including phenoxy) is 2. The van der Waals surface area contributed by atoms with Gasteiger partial charge >= 0.3 is 5.97 Å². The molecule has 0 aliphatic carbocycles. The number of carbonyl (C=O) groups is 2. The molecule has 2 aliphatic rings. The Bertz CT molecular complexity index is 617. The average Bonchev–Trinajstić information content (AvgIpc) is 2.96. The number of carboxylic acids is 1. The van der Waals surface area contributed by atoms with Crippen LogP contribution in [0.2, 0.25) is 0 Å². The van der Waals surface area contributed by atoms with Crippen LogP contribution >= 0.6 is 0 Å². The van der Waals surface area contributed by atoms with E-state index in [0.29, 0.717) is 38.3 Å². The smallest absolute Gasteiger partial charge is 0.311 e. The second kappa shape index (κ2) is 6.29. The molecule has 2 atom stereocenters. The van der Waals surface area contributed by atoms with Gasteiger partial charge in [-0.25, -0.2) is 0 Å². The largest absolute Gasteiger partial charge is 0.481 e. The van der Waals surface area contributed by atoms with Crippen LogP contribution in [0.25, 0.3) is 0 Å². The van der Waals surface area contributed by atoms with Gasteiger partial charge in [0, 0.05) is 38.3 Å². The van der Waals surface area contributed by atoms with Crippen molar-refractivity contribution in [2.24, 2.45) is 11.3 Å². The Balaban J connectivity index is 1.86. The van der Waals surface area contributed by atoms with Crippen molar-refractivity contribution in [2.75, 3.05) is 33.4 Å². The molecular weight excluding hydrogens is 298 g/mol. The van der Waals surface area contributed by atoms with Gasteiger partial charge in [0.2, 0.25) is 0 Å². The Labute approximate surface area is 135 Å². The molecule has 1 N–H and O–H groups in total. The van der Waals surface area contributed by atoms with Gasteiger partial charge in [0.25, 0.3) is 5.91 Å². The maximum absolute atomic E-state index is 12.9. The summed E-state index contributed by atoms with van der Waals surface area (Å²) in [5.74, 6) is -1.11. The van der Waals surface area contributed by atoms with Gasteiger partial charge in [0.1, 0.15) is 0 Å². The number of aliphatic carboxylic acids is 1. The number of nitrogens with zero attached hydrogens (tertiary/aromatic N) is 1. The van der Waals surface area contributed by atoms with Gasteiger partial charge in [0.15, 0.2) is 0 Å². The van der Waals surface area contributed by atoms with Gasteiger partial charge in [-0.2, -0.15) is 0 Å². The summed E-state index contributed by atoms with van der Waals surface area (Å²) in [5.41, 5.74) is 0.523. The molecule has 6 heteroatoms. The van der Waals surface area contributed by atoms with Gasteiger partial charge in [0.05, 0.1) is 18.6 Å². The lowest BCUT2D eigenvalue weighted by Gasteiger charge is -2.33. The Morgan fingerprint density at radius 1 is 1.43 bits per heavy atom. The number of benzene rings is 1. The zero-order valence-corrected chi connectivity index (χ0v) is 13.2. The third-order valence-corrected chi connectivity index (χ3v) is 4.97. The van der Waals surface area contributed by atoms with E-state index in [2.05, 4.69) is 0 Å². The predicted octanol–water partition coefficient (Wildman–Crippen LogP) is 1.40. The SMILES string of the molecule is COCc1ccccc1C(=O)N1C[C@H]2COCC[C@@]2(C(=O)O)C1. The summed E-state index contributed by atoms with van der Waals surface area (Å²) in [6, 6.07) is 7.30. The fraction of sp³-hybridized carbons (Fsp3) is 0.529. The molecule has 2 fully saturated rings. The minimum absolute atomic E-state index is 0.132. The number of rotatable bonds is 4. The zero-order chi connectivity index (χ0) is 16.4. The Morgan fingerprint density at radius 2 is 2.22 bits per heavy atom. The first-order chi connectivity index (χ1) is 11.1. The molecule has 0 spiro atoms. The first-order valence-electron chi connectivity index (χ1n) is 7.76. The van der Waals surface area contributed by atoms with E-state index < -0.39 is 11.4 Å². The van der Waals surface area contributed by atoms with Crippen molar-refractivity contribution in [2.45, 2.75) is 13.0 Å². The number of carbonyl (C=O) groups excluding carboxylic acids is 1. The number of carboxylic acid groups (broad SMARTS) is 1. The summed E-state index contributed by atoms with van der Waals surface area (Å²) in [7, 11) is 1.59. The molecule has 124 valence electrons. The number of fused-ring (bicyclic) bond motifs is 1. The minimum atomic E-state index is -0.871. The molecular formula is C17H21NO5. The molecule has 3 rings (SSSR count). The second-order valence-corrected chi connectivity index (χ2v) is 6.26. The monoisotopic (exact) mass is 319 g/mol. The molecule has 2 saturated heterocycles. The molecule has 0 radical (unpaired) electrons. The molecule has 2 aliphatic heterocycles. The Morgan fingerprint density at radius 3 is 2.91 bits per heavy atom. The topological polar surface area (TPSA) is 76.1 Å². The lowest BCUT2D eigenvalue weighted by atomic mass is 9.74. The summed E-state index contributed by atoms with van der Waals surface area (Å²) < 4.78 is 10.6. The number of methoxy groups -OCH3 is 1. The predicted molar refractivity (Wildman–Crippen MR) is 82.1 cm³/mol. The highest BCUT2D eigenvalue weighted by molar-refractivity contribution is 5.96. The van der Waals surface area contributed by atoms with Crippen LogP contribution in [-0.4, -0.2) is 55.3 Å². The van der Waals surface area contributed by atoms with Crippen LogP contribution in [0.4, 0.5) is 0 Å². The van der Waals surface area contributed by atoms with Crippen LogP contribution in [0.1, 0.15) is 22.3 Å². The maximum atomic E-state index is 12.9. The summed E-state index contributed by atoms with van der Waals surface area (Å²) in [5, 5.41) is 9.69. The molecule has 0 unspecified atom stereocenters. The van der Waals surface area contributed by atoms with E-state index in [0.717, 1.165) is 5.56 Å². The number of likely N-dealkylation sites (tertiary alicyclic amines) is 1. The van der Waals surface area contributed by atoms with Crippen LogP contribution in [-0.2, 0) is 20.9 Å². The van der Waals surface area contributed by atoms with Crippen molar-refractivity contribution in [3.05, 3.63) is 35.4 Å². The molecule has 0 bridgehead atoms. The minimum Gasteiger partial charge on any atom is -0.481 e. The molecule has 1 aromatic carbocycles. The zero-order valence-electron chi connectivity index (χ0n) is 13.2. The van der Waals surface area contributed by atoms with Crippen molar-refractivity contribution in [3.63, 3.8) is 0 Å². The number of hydrogen-bond donors (Lipinski definition) is 1. The molecule has 23 heavy (non-hydrogen) atoms. The second-order valence-electron chi connectivity index (χ2n) is 6.26. The summed E-state index contributed by atoms with van der Waals surface area (Å²) in [4.78, 5) is 26.4. The molecule has 0 saturated carbocycles. The van der Waals surface area contributed by atoms with Crippen LogP contribution in [0.15, 0.2) is 24.3 Å². The molecule has 0 aromatic heterocycles. The highest BCUT2D eigenvalue weighted by Gasteiger charge is 2.55. The Hall–Kier alpha value is -1.92. The van der Waals surface area contributed by atoms with Crippen molar-refractivity contribution >= 4 is 11.9 Å². The van der Waals surface area contributed by atoms with Crippen LogP contribution in [0, 0.1) is 11.3 Å². The van der Waals surface area contributed by atoms with Crippen LogP contribution in [0.3, 0.4) is 0 Å². The number of amides is 1. The molecule has 6 nitrogen and oxygen atoms in total. The Kier molecular flexibility index (Phi) is 4.37. The first kappa shape index (κ1) is 16.0. The van der Waals surface area contributed by atoms with E-state index in [1.807, 2.05) is 18.2 Å². The van der Waals surface area contributed by atoms with Gasteiger partial charge < -0.3 is 19.5 Å². The van der Waals surface area contributed by atoms with Crippen molar-refractivity contribution in [1.82, 2.24) is 4.90 Å². The van der Waals surface area contributed by atoms with Gasteiger partial charge in [-0.1, -0.05) is 18.2 Å². The molecule has 1 amide bonds. The summed E-state index contributed by atoms with van der Waals surface area (Å²) in [6.45, 7) is 1.86. The third-order valence-electron chi connectivity index (χ3n) is 4.97. The lowest BCUT2D eigenvalue weighted by molar-refractivity contribution is -0.157. The maximum Gasteiger partial charge on any atom is 0.311 e. The fourth-order valence-corrected chi connectivity index (χ4v) is 3.63. The van der Waals surface area contributed by atoms with Gasteiger partial charge in [-0.3, -0.25) is 9.59 Å². The molecule has 2 heterocycles. The van der Waals surface area contributed by atoms with Gasteiger partial charge in [-0.15, -0.1) is 0 Å². The average molecular weight is 319 g/mol. The fourth-order valence-electron chi connectivity index (χ4n) is 3.63. The third kappa shape index (κ3) is 2.72.